The van der Waals surface area contributed by atoms with Crippen LogP contribution in [0.5, 0.6) is 17.2 Å². The fourth-order valence-electron chi connectivity index (χ4n) is 2.20. The summed E-state index contributed by atoms with van der Waals surface area (Å²) in [6, 6.07) is 11.8. The molecule has 0 aliphatic carbocycles. The van der Waals surface area contributed by atoms with Crippen LogP contribution in [0.3, 0.4) is 0 Å². The lowest BCUT2D eigenvalue weighted by atomic mass is 10.2. The Morgan fingerprint density at radius 2 is 1.82 bits per heavy atom. The molecule has 0 aliphatic rings. The number of amides is 2. The quantitative estimate of drug-likeness (QED) is 0.316. The number of carbonyl (C=O) groups is 2. The van der Waals surface area contributed by atoms with E-state index >= 15 is 0 Å². The third kappa shape index (κ3) is 5.60. The number of carbonyl (C=O) groups excluding carboxylic acids is 2. The minimum Gasteiger partial charge on any atom is -0.493 e. The van der Waals surface area contributed by atoms with Crippen LogP contribution in [-0.4, -0.2) is 38.9 Å². The number of nitrogens with one attached hydrogen (secondary N) is 2. The maximum absolute atomic E-state index is 11.9. The molecule has 0 aromatic heterocycles. The minimum atomic E-state index is -0.912. The van der Waals surface area contributed by atoms with Gasteiger partial charge in [0.05, 0.1) is 20.4 Å². The first-order valence-corrected chi connectivity index (χ1v) is 8.28. The highest BCUT2D eigenvalue weighted by molar-refractivity contribution is 6.39. The van der Waals surface area contributed by atoms with Crippen molar-refractivity contribution in [3.8, 4) is 17.2 Å². The average Bonchev–Trinajstić information content (AvgIpc) is 2.72. The average molecular weight is 383 g/mol. The Morgan fingerprint density at radius 3 is 2.46 bits per heavy atom. The summed E-state index contributed by atoms with van der Waals surface area (Å²) in [4.78, 5) is 23.8. The maximum atomic E-state index is 11.9. The van der Waals surface area contributed by atoms with Gasteiger partial charge in [0, 0.05) is 11.3 Å². The summed E-state index contributed by atoms with van der Waals surface area (Å²) in [5, 5.41) is 6.25. The van der Waals surface area contributed by atoms with Crippen LogP contribution in [-0.2, 0) is 9.59 Å². The fourth-order valence-corrected chi connectivity index (χ4v) is 2.20. The van der Waals surface area contributed by atoms with Crippen LogP contribution in [0.1, 0.15) is 5.56 Å². The standard InChI is InChI=1S/C20H21N3O5/c1-4-12-28-16-10-8-15(9-11-16)22-19(24)20(25)23-21-13-14-6-5-7-17(26-2)18(14)27-3/h4-11,13H,1,12H2,2-3H3,(H,22,24)(H,23,25)/b21-13-. The topological polar surface area (TPSA) is 98.2 Å². The van der Waals surface area contributed by atoms with E-state index in [1.165, 1.54) is 20.4 Å². The number of nitrogens with zero attached hydrogens (tertiary/aromatic N) is 1. The van der Waals surface area contributed by atoms with Crippen LogP contribution in [0.15, 0.2) is 60.2 Å². The van der Waals surface area contributed by atoms with E-state index in [2.05, 4.69) is 22.4 Å². The van der Waals surface area contributed by atoms with Crippen molar-refractivity contribution in [1.29, 1.82) is 0 Å². The van der Waals surface area contributed by atoms with Crippen molar-refractivity contribution in [2.75, 3.05) is 26.1 Å². The molecule has 2 aromatic carbocycles. The summed E-state index contributed by atoms with van der Waals surface area (Å²) in [5.74, 6) is -0.152. The van der Waals surface area contributed by atoms with Crippen molar-refractivity contribution >= 4 is 23.7 Å². The smallest absolute Gasteiger partial charge is 0.329 e. The van der Waals surface area contributed by atoms with Gasteiger partial charge in [-0.1, -0.05) is 18.7 Å². The second-order valence-electron chi connectivity index (χ2n) is 5.36. The molecule has 0 saturated carbocycles. The Kier molecular flexibility index (Phi) is 7.59. The molecule has 0 bridgehead atoms. The van der Waals surface area contributed by atoms with E-state index < -0.39 is 11.8 Å². The van der Waals surface area contributed by atoms with Crippen molar-refractivity contribution in [3.05, 3.63) is 60.7 Å². The Hall–Kier alpha value is -3.81. The number of hydrogen-bond donors (Lipinski definition) is 2. The molecule has 2 amide bonds. The first-order valence-electron chi connectivity index (χ1n) is 8.28. The molecule has 146 valence electrons. The van der Waals surface area contributed by atoms with Gasteiger partial charge < -0.3 is 19.5 Å². The van der Waals surface area contributed by atoms with Crippen molar-refractivity contribution < 1.29 is 23.8 Å². The van der Waals surface area contributed by atoms with Gasteiger partial charge in [0.2, 0.25) is 0 Å². The summed E-state index contributed by atoms with van der Waals surface area (Å²) in [6.45, 7) is 3.94. The van der Waals surface area contributed by atoms with E-state index in [1.54, 1.807) is 48.5 Å². The van der Waals surface area contributed by atoms with E-state index in [4.69, 9.17) is 14.2 Å². The lowest BCUT2D eigenvalue weighted by Gasteiger charge is -2.09. The number of para-hydroxylation sites is 1. The van der Waals surface area contributed by atoms with E-state index in [-0.39, 0.29) is 0 Å². The molecule has 2 N–H and O–H groups in total. The summed E-state index contributed by atoms with van der Waals surface area (Å²) in [7, 11) is 3.01. The molecule has 2 aromatic rings. The van der Waals surface area contributed by atoms with Gasteiger partial charge in [0.15, 0.2) is 11.5 Å². The lowest BCUT2D eigenvalue weighted by molar-refractivity contribution is -0.136. The molecule has 0 fully saturated rings. The van der Waals surface area contributed by atoms with Crippen molar-refractivity contribution in [2.45, 2.75) is 0 Å². The van der Waals surface area contributed by atoms with Crippen LogP contribution >= 0.6 is 0 Å². The number of benzene rings is 2. The molecule has 0 atom stereocenters. The summed E-state index contributed by atoms with van der Waals surface area (Å²) in [6.07, 6.45) is 2.99. The lowest BCUT2D eigenvalue weighted by Crippen LogP contribution is -2.32. The molecular weight excluding hydrogens is 362 g/mol. The van der Waals surface area contributed by atoms with Gasteiger partial charge >= 0.3 is 11.8 Å². The minimum absolute atomic E-state index is 0.379. The van der Waals surface area contributed by atoms with Gasteiger partial charge in [-0.3, -0.25) is 9.59 Å². The van der Waals surface area contributed by atoms with Crippen LogP contribution in [0, 0.1) is 0 Å². The van der Waals surface area contributed by atoms with Crippen LogP contribution < -0.4 is 25.0 Å². The normalized spacial score (nSPS) is 10.2. The third-order valence-corrected chi connectivity index (χ3v) is 3.49. The van der Waals surface area contributed by atoms with Gasteiger partial charge in [-0.25, -0.2) is 5.43 Å². The van der Waals surface area contributed by atoms with Gasteiger partial charge in [-0.2, -0.15) is 5.10 Å². The van der Waals surface area contributed by atoms with E-state index in [0.717, 1.165) is 0 Å². The predicted molar refractivity (Wildman–Crippen MR) is 106 cm³/mol. The van der Waals surface area contributed by atoms with Gasteiger partial charge in [0.25, 0.3) is 0 Å². The summed E-state index contributed by atoms with van der Waals surface area (Å²) in [5.41, 5.74) is 3.20. The predicted octanol–water partition coefficient (Wildman–Crippen LogP) is 2.36. The summed E-state index contributed by atoms with van der Waals surface area (Å²) >= 11 is 0. The first kappa shape index (κ1) is 20.5. The molecule has 0 unspecified atom stereocenters. The Morgan fingerprint density at radius 1 is 1.07 bits per heavy atom. The Labute approximate surface area is 162 Å². The molecule has 28 heavy (non-hydrogen) atoms. The number of anilines is 1. The van der Waals surface area contributed by atoms with E-state index in [0.29, 0.717) is 35.1 Å². The second-order valence-corrected chi connectivity index (χ2v) is 5.36. The third-order valence-electron chi connectivity index (χ3n) is 3.49. The SMILES string of the molecule is C=CCOc1ccc(NC(=O)C(=O)N/N=C\c2cccc(OC)c2OC)cc1. The molecule has 0 aliphatic heterocycles. The summed E-state index contributed by atoms with van der Waals surface area (Å²) < 4.78 is 15.8. The van der Waals surface area contributed by atoms with Crippen LogP contribution in [0.2, 0.25) is 0 Å². The second kappa shape index (κ2) is 10.4. The monoisotopic (exact) mass is 383 g/mol. The number of hydrogen-bond acceptors (Lipinski definition) is 6. The van der Waals surface area contributed by atoms with Gasteiger partial charge in [-0.05, 0) is 36.4 Å². The number of ether oxygens (including phenoxy) is 3. The molecule has 0 radical (unpaired) electrons. The molecule has 2 rings (SSSR count). The van der Waals surface area contributed by atoms with Gasteiger partial charge in [0.1, 0.15) is 12.4 Å². The van der Waals surface area contributed by atoms with Crippen molar-refractivity contribution in [2.24, 2.45) is 5.10 Å². The van der Waals surface area contributed by atoms with Gasteiger partial charge in [-0.15, -0.1) is 0 Å². The van der Waals surface area contributed by atoms with E-state index in [1.807, 2.05) is 0 Å². The molecule has 0 heterocycles. The van der Waals surface area contributed by atoms with Crippen molar-refractivity contribution in [3.63, 3.8) is 0 Å². The number of hydrazone groups is 1. The number of methoxy groups -OCH3 is 2. The van der Waals surface area contributed by atoms with Crippen LogP contribution in [0.4, 0.5) is 5.69 Å². The Balaban J connectivity index is 1.93. The first-order chi connectivity index (χ1) is 13.6. The molecule has 8 heteroatoms. The molecular formula is C20H21N3O5. The highest BCUT2D eigenvalue weighted by atomic mass is 16.5. The van der Waals surface area contributed by atoms with Crippen molar-refractivity contribution in [1.82, 2.24) is 5.43 Å². The zero-order chi connectivity index (χ0) is 20.4. The highest BCUT2D eigenvalue weighted by Crippen LogP contribution is 2.29. The van der Waals surface area contributed by atoms with E-state index in [9.17, 15) is 9.59 Å². The maximum Gasteiger partial charge on any atom is 0.329 e. The van der Waals surface area contributed by atoms with Crippen LogP contribution in [0.25, 0.3) is 0 Å². The zero-order valence-electron chi connectivity index (χ0n) is 15.6. The largest absolute Gasteiger partial charge is 0.493 e. The molecule has 0 spiro atoms. The molecule has 0 saturated heterocycles. The molecule has 8 nitrogen and oxygen atoms in total. The fraction of sp³-hybridized carbons (Fsp3) is 0.150. The highest BCUT2D eigenvalue weighted by Gasteiger charge is 2.13. The number of rotatable bonds is 8. The Bertz CT molecular complexity index is 863. The zero-order valence-corrected chi connectivity index (χ0v) is 15.6.